The Morgan fingerprint density at radius 3 is 2.53 bits per heavy atom. The molecule has 0 aromatic carbocycles. The number of aliphatic hydroxyl groups excluding tert-OH is 2. The number of fused-ring (bicyclic) bond motifs is 1. The van der Waals surface area contributed by atoms with E-state index in [1.165, 1.54) is 44.9 Å². The highest BCUT2D eigenvalue weighted by Gasteiger charge is 2.50. The molecule has 3 saturated carbocycles. The minimum atomic E-state index is -0.597. The number of allylic oxidation sites excluding steroid dienone is 3. The van der Waals surface area contributed by atoms with E-state index in [1.807, 2.05) is 0 Å². The van der Waals surface area contributed by atoms with Crippen molar-refractivity contribution in [1.29, 1.82) is 0 Å². The third kappa shape index (κ3) is 4.96. The Morgan fingerprint density at radius 2 is 1.83 bits per heavy atom. The normalized spacial score (nSPS) is 39.5. The van der Waals surface area contributed by atoms with Crippen molar-refractivity contribution in [3.8, 4) is 0 Å². The highest BCUT2D eigenvalue weighted by molar-refractivity contribution is 5.38. The maximum absolute atomic E-state index is 10.1. The summed E-state index contributed by atoms with van der Waals surface area (Å²) >= 11 is 0. The van der Waals surface area contributed by atoms with Crippen LogP contribution in [0.4, 0.5) is 0 Å². The average Bonchev–Trinajstić information content (AvgIpc) is 3.04. The maximum Gasteiger partial charge on any atom is 0.0811 e. The van der Waals surface area contributed by atoms with Crippen LogP contribution < -0.4 is 0 Å². The minimum absolute atomic E-state index is 0.419. The van der Waals surface area contributed by atoms with E-state index < -0.39 is 12.2 Å². The zero-order valence-electron chi connectivity index (χ0n) is 20.2. The van der Waals surface area contributed by atoms with Crippen LogP contribution in [0.3, 0.4) is 0 Å². The summed E-state index contributed by atoms with van der Waals surface area (Å²) in [5, 5.41) is 20.2. The zero-order chi connectivity index (χ0) is 22.1. The molecule has 2 heteroatoms. The summed E-state index contributed by atoms with van der Waals surface area (Å²) in [5.74, 6) is 3.95. The van der Waals surface area contributed by atoms with Gasteiger partial charge in [0.15, 0.2) is 0 Å². The number of aliphatic hydroxyl groups is 2. The van der Waals surface area contributed by atoms with Gasteiger partial charge in [-0.2, -0.15) is 0 Å². The Bertz CT molecular complexity index is 672. The van der Waals surface area contributed by atoms with E-state index >= 15 is 0 Å². The molecule has 3 aliphatic carbocycles. The monoisotopic (exact) mass is 414 g/mol. The fourth-order valence-electron chi connectivity index (χ4n) is 6.74. The molecule has 170 valence electrons. The van der Waals surface area contributed by atoms with Crippen LogP contribution >= 0.6 is 0 Å². The van der Waals surface area contributed by atoms with Gasteiger partial charge in [-0.15, -0.1) is 0 Å². The lowest BCUT2D eigenvalue weighted by Crippen LogP contribution is -2.36. The molecule has 2 N–H and O–H groups in total. The van der Waals surface area contributed by atoms with Gasteiger partial charge in [0.05, 0.1) is 12.2 Å². The van der Waals surface area contributed by atoms with Crippen molar-refractivity contribution in [2.24, 2.45) is 35.0 Å². The van der Waals surface area contributed by atoms with E-state index in [0.717, 1.165) is 34.8 Å². The van der Waals surface area contributed by atoms with E-state index in [2.05, 4.69) is 53.3 Å². The van der Waals surface area contributed by atoms with Crippen LogP contribution in [-0.4, -0.2) is 22.4 Å². The van der Waals surface area contributed by atoms with E-state index in [0.29, 0.717) is 24.2 Å². The summed E-state index contributed by atoms with van der Waals surface area (Å²) in [4.78, 5) is 0. The smallest absolute Gasteiger partial charge is 0.0811 e. The van der Waals surface area contributed by atoms with E-state index in [1.54, 1.807) is 5.57 Å². The van der Waals surface area contributed by atoms with Crippen LogP contribution in [0.25, 0.3) is 0 Å². The minimum Gasteiger partial charge on any atom is -0.393 e. The Balaban J connectivity index is 1.72. The second-order valence-corrected chi connectivity index (χ2v) is 11.4. The van der Waals surface area contributed by atoms with Gasteiger partial charge in [-0.25, -0.2) is 0 Å². The average molecular weight is 415 g/mol. The molecule has 3 rings (SSSR count). The summed E-state index contributed by atoms with van der Waals surface area (Å²) in [5.41, 5.74) is 3.87. The predicted molar refractivity (Wildman–Crippen MR) is 127 cm³/mol. The first-order chi connectivity index (χ1) is 14.1. The molecule has 0 aliphatic heterocycles. The molecule has 30 heavy (non-hydrogen) atoms. The SMILES string of the molecule is C=C1/C(=C\C=C2/CCC[C@@]3(C)C2CC[C@@H]3[C@H](C)CCC(C)C(C)C)C[C@@H](O)C[C@@H]1O. The van der Waals surface area contributed by atoms with Gasteiger partial charge < -0.3 is 10.2 Å². The van der Waals surface area contributed by atoms with Crippen molar-refractivity contribution in [1.82, 2.24) is 0 Å². The first kappa shape index (κ1) is 23.8. The number of hydrogen-bond donors (Lipinski definition) is 2. The van der Waals surface area contributed by atoms with Crippen molar-refractivity contribution in [2.75, 3.05) is 0 Å². The van der Waals surface area contributed by atoms with Gasteiger partial charge in [-0.1, -0.05) is 71.8 Å². The molecule has 2 nitrogen and oxygen atoms in total. The number of rotatable bonds is 6. The van der Waals surface area contributed by atoms with Crippen LogP contribution in [0.5, 0.6) is 0 Å². The quantitative estimate of drug-likeness (QED) is 0.500. The topological polar surface area (TPSA) is 40.5 Å². The molecule has 0 amide bonds. The summed E-state index contributed by atoms with van der Waals surface area (Å²) in [6.07, 6.45) is 13.8. The predicted octanol–water partition coefficient (Wildman–Crippen LogP) is 6.84. The third-order valence-electron chi connectivity index (χ3n) is 9.20. The van der Waals surface area contributed by atoms with Crippen molar-refractivity contribution >= 4 is 0 Å². The number of hydrogen-bond acceptors (Lipinski definition) is 2. The molecule has 0 aromatic heterocycles. The van der Waals surface area contributed by atoms with Crippen molar-refractivity contribution in [2.45, 2.75) is 105 Å². The van der Waals surface area contributed by atoms with Crippen molar-refractivity contribution in [3.05, 3.63) is 35.5 Å². The molecule has 3 fully saturated rings. The molecule has 0 bridgehead atoms. The first-order valence-electron chi connectivity index (χ1n) is 12.6. The molecule has 0 spiro atoms. The second kappa shape index (κ2) is 9.74. The zero-order valence-corrected chi connectivity index (χ0v) is 20.2. The Hall–Kier alpha value is -0.860. The van der Waals surface area contributed by atoms with Crippen LogP contribution in [0.2, 0.25) is 0 Å². The van der Waals surface area contributed by atoms with Crippen molar-refractivity contribution in [3.63, 3.8) is 0 Å². The standard InChI is InChI=1S/C28H46O2/c1-18(2)19(3)9-10-20(4)25-13-14-26-22(8-7-15-28(25,26)6)11-12-23-16-24(29)17-27(30)21(23)5/h11-12,18-20,24-27,29-30H,5,7-10,13-17H2,1-4,6H3/b22-11+,23-12-/t19?,20-,24-,25-,26?,27+,28-/m1/s1. The fraction of sp³-hybridized carbons (Fsp3) is 0.786. The van der Waals surface area contributed by atoms with Crippen molar-refractivity contribution < 1.29 is 10.2 Å². The Kier molecular flexibility index (Phi) is 7.72. The third-order valence-corrected chi connectivity index (χ3v) is 9.20. The summed E-state index contributed by atoms with van der Waals surface area (Å²) in [6.45, 7) is 16.3. The van der Waals surface area contributed by atoms with Gasteiger partial charge in [-0.3, -0.25) is 0 Å². The lowest BCUT2D eigenvalue weighted by molar-refractivity contribution is 0.0861. The fourth-order valence-corrected chi connectivity index (χ4v) is 6.74. The lowest BCUT2D eigenvalue weighted by Gasteiger charge is -2.44. The lowest BCUT2D eigenvalue weighted by atomic mass is 9.60. The van der Waals surface area contributed by atoms with Crippen LogP contribution in [-0.2, 0) is 0 Å². The molecule has 0 heterocycles. The summed E-state index contributed by atoms with van der Waals surface area (Å²) in [7, 11) is 0. The molecule has 0 saturated heterocycles. The van der Waals surface area contributed by atoms with Crippen LogP contribution in [0.15, 0.2) is 35.5 Å². The molecule has 7 atom stereocenters. The van der Waals surface area contributed by atoms with E-state index in [9.17, 15) is 10.2 Å². The molecule has 0 aromatic rings. The van der Waals surface area contributed by atoms with E-state index in [4.69, 9.17) is 0 Å². The summed E-state index contributed by atoms with van der Waals surface area (Å²) < 4.78 is 0. The van der Waals surface area contributed by atoms with Gasteiger partial charge in [0.1, 0.15) is 0 Å². The van der Waals surface area contributed by atoms with Gasteiger partial charge in [0.2, 0.25) is 0 Å². The largest absolute Gasteiger partial charge is 0.393 e. The first-order valence-corrected chi connectivity index (χ1v) is 12.6. The van der Waals surface area contributed by atoms with E-state index in [-0.39, 0.29) is 0 Å². The van der Waals surface area contributed by atoms with Gasteiger partial charge in [0.25, 0.3) is 0 Å². The summed E-state index contributed by atoms with van der Waals surface area (Å²) in [6, 6.07) is 0. The molecular weight excluding hydrogens is 368 g/mol. The van der Waals surface area contributed by atoms with Gasteiger partial charge in [0, 0.05) is 6.42 Å². The maximum atomic E-state index is 10.1. The second-order valence-electron chi connectivity index (χ2n) is 11.4. The highest BCUT2D eigenvalue weighted by atomic mass is 16.3. The highest BCUT2D eigenvalue weighted by Crippen LogP contribution is 2.60. The molecular formula is C28H46O2. The van der Waals surface area contributed by atoms with Crippen LogP contribution in [0, 0.1) is 35.0 Å². The Labute approximate surface area is 185 Å². The molecule has 0 radical (unpaired) electrons. The van der Waals surface area contributed by atoms with Gasteiger partial charge in [-0.05, 0) is 84.7 Å². The van der Waals surface area contributed by atoms with Crippen LogP contribution in [0.1, 0.15) is 92.4 Å². The molecule has 2 unspecified atom stereocenters. The van der Waals surface area contributed by atoms with Gasteiger partial charge >= 0.3 is 0 Å². The molecule has 3 aliphatic rings. The Morgan fingerprint density at radius 1 is 1.10 bits per heavy atom.